The molecule has 0 saturated carbocycles. The van der Waals surface area contributed by atoms with E-state index in [1.54, 1.807) is 26.2 Å². The number of Topliss-reactive ketones (excluding diaryl/α,β-unsaturated/α-hetero) is 1. The van der Waals surface area contributed by atoms with E-state index in [4.69, 9.17) is 9.16 Å². The average Bonchev–Trinajstić information content (AvgIpc) is 2.26. The molecule has 0 aromatic heterocycles. The molecule has 0 aliphatic carbocycles. The van der Waals surface area contributed by atoms with Gasteiger partial charge in [0.05, 0.1) is 7.11 Å². The Bertz CT molecular complexity index is 473. The summed E-state index contributed by atoms with van der Waals surface area (Å²) in [6.07, 6.45) is 0. The number of methoxy groups -OCH3 is 1. The van der Waals surface area contributed by atoms with E-state index in [0.29, 0.717) is 11.3 Å². The van der Waals surface area contributed by atoms with Crippen molar-refractivity contribution >= 4 is 14.1 Å². The van der Waals surface area contributed by atoms with E-state index in [0.717, 1.165) is 5.75 Å². The molecule has 0 N–H and O–H groups in total. The molecule has 0 heterocycles. The second-order valence-electron chi connectivity index (χ2n) is 6.32. The van der Waals surface area contributed by atoms with Crippen LogP contribution in [-0.4, -0.2) is 21.2 Å². The minimum atomic E-state index is -1.91. The lowest BCUT2D eigenvalue weighted by atomic mass is 10.1. The van der Waals surface area contributed by atoms with E-state index < -0.39 is 8.32 Å². The van der Waals surface area contributed by atoms with Crippen LogP contribution < -0.4 is 9.16 Å². The van der Waals surface area contributed by atoms with Crippen LogP contribution >= 0.6 is 0 Å². The summed E-state index contributed by atoms with van der Waals surface area (Å²) in [5.41, 5.74) is 0.619. The molecule has 4 heteroatoms. The molecule has 1 aromatic rings. The van der Waals surface area contributed by atoms with Crippen LogP contribution in [0.5, 0.6) is 11.5 Å². The Kier molecular flexibility index (Phi) is 4.45. The van der Waals surface area contributed by atoms with Crippen LogP contribution in [-0.2, 0) is 0 Å². The van der Waals surface area contributed by atoms with Gasteiger partial charge in [-0.3, -0.25) is 4.79 Å². The summed E-state index contributed by atoms with van der Waals surface area (Å²) in [4.78, 5) is 11.5. The molecule has 0 unspecified atom stereocenters. The smallest absolute Gasteiger partial charge is 0.250 e. The summed E-state index contributed by atoms with van der Waals surface area (Å²) in [6.45, 7) is 12.5. The van der Waals surface area contributed by atoms with Gasteiger partial charge in [-0.25, -0.2) is 0 Å². The molecule has 0 radical (unpaired) electrons. The Hall–Kier alpha value is -1.29. The molecule has 0 aliphatic rings. The molecule has 1 rings (SSSR count). The summed E-state index contributed by atoms with van der Waals surface area (Å²) in [6, 6.07) is 5.37. The summed E-state index contributed by atoms with van der Waals surface area (Å²) in [7, 11) is -0.313. The lowest BCUT2D eigenvalue weighted by molar-refractivity contribution is 0.101. The van der Waals surface area contributed by atoms with Crippen LogP contribution in [0.2, 0.25) is 18.1 Å². The number of rotatable bonds is 4. The maximum absolute atomic E-state index is 11.5. The van der Waals surface area contributed by atoms with Gasteiger partial charge in [-0.05, 0) is 37.2 Å². The number of hydrogen-bond donors (Lipinski definition) is 0. The quantitative estimate of drug-likeness (QED) is 0.610. The summed E-state index contributed by atoms with van der Waals surface area (Å²) in [5.74, 6) is 1.39. The van der Waals surface area contributed by atoms with Gasteiger partial charge in [0.15, 0.2) is 5.78 Å². The second kappa shape index (κ2) is 5.37. The lowest BCUT2D eigenvalue weighted by Gasteiger charge is -2.36. The highest BCUT2D eigenvalue weighted by Gasteiger charge is 2.39. The van der Waals surface area contributed by atoms with E-state index in [1.807, 2.05) is 6.07 Å². The molecule has 0 fully saturated rings. The predicted molar refractivity (Wildman–Crippen MR) is 80.8 cm³/mol. The molecule has 106 valence electrons. The second-order valence-corrected chi connectivity index (χ2v) is 11.0. The Morgan fingerprint density at radius 2 is 1.63 bits per heavy atom. The fourth-order valence-corrected chi connectivity index (χ4v) is 2.41. The van der Waals surface area contributed by atoms with E-state index in [9.17, 15) is 4.79 Å². The van der Waals surface area contributed by atoms with Crippen molar-refractivity contribution in [2.75, 3.05) is 7.11 Å². The van der Waals surface area contributed by atoms with E-state index >= 15 is 0 Å². The van der Waals surface area contributed by atoms with Gasteiger partial charge < -0.3 is 9.16 Å². The van der Waals surface area contributed by atoms with Crippen molar-refractivity contribution in [2.45, 2.75) is 45.8 Å². The first-order valence-corrected chi connectivity index (χ1v) is 9.37. The van der Waals surface area contributed by atoms with Gasteiger partial charge in [0.2, 0.25) is 8.32 Å². The summed E-state index contributed by atoms with van der Waals surface area (Å²) in [5, 5.41) is 0.118. The highest BCUT2D eigenvalue weighted by atomic mass is 28.4. The molecule has 1 aromatic carbocycles. The van der Waals surface area contributed by atoms with Gasteiger partial charge in [-0.1, -0.05) is 20.8 Å². The normalized spacial score (nSPS) is 12.2. The lowest BCUT2D eigenvalue weighted by Crippen LogP contribution is -2.43. The molecule has 0 saturated heterocycles. The molecule has 0 amide bonds. The molecule has 3 nitrogen and oxygen atoms in total. The first kappa shape index (κ1) is 15.8. The summed E-state index contributed by atoms with van der Waals surface area (Å²) >= 11 is 0. The maximum Gasteiger partial charge on any atom is 0.250 e. The molecular weight excluding hydrogens is 256 g/mol. The monoisotopic (exact) mass is 280 g/mol. The number of benzene rings is 1. The molecule has 0 atom stereocenters. The Balaban J connectivity index is 3.14. The van der Waals surface area contributed by atoms with Crippen LogP contribution in [0.3, 0.4) is 0 Å². The number of hydrogen-bond acceptors (Lipinski definition) is 3. The SMILES string of the molecule is COc1cc(O[Si](C)(C)C(C)(C)C)cc(C(C)=O)c1. The van der Waals surface area contributed by atoms with Crippen molar-refractivity contribution in [1.29, 1.82) is 0 Å². The van der Waals surface area contributed by atoms with Crippen molar-refractivity contribution in [2.24, 2.45) is 0 Å². The molecule has 0 bridgehead atoms. The van der Waals surface area contributed by atoms with E-state index in [-0.39, 0.29) is 10.8 Å². The van der Waals surface area contributed by atoms with Crippen molar-refractivity contribution in [3.05, 3.63) is 23.8 Å². The Labute approximate surface area is 117 Å². The van der Waals surface area contributed by atoms with Crippen LogP contribution in [0.25, 0.3) is 0 Å². The first-order valence-electron chi connectivity index (χ1n) is 6.46. The fourth-order valence-electron chi connectivity index (χ4n) is 1.40. The molecule has 0 spiro atoms. The fraction of sp³-hybridized carbons (Fsp3) is 0.533. The van der Waals surface area contributed by atoms with Gasteiger partial charge in [-0.2, -0.15) is 0 Å². The number of carbonyl (C=O) groups is 1. The Morgan fingerprint density at radius 3 is 2.05 bits per heavy atom. The third kappa shape index (κ3) is 3.83. The van der Waals surface area contributed by atoms with E-state index in [1.165, 1.54) is 0 Å². The zero-order valence-electron chi connectivity index (χ0n) is 13.0. The Morgan fingerprint density at radius 1 is 1.11 bits per heavy atom. The van der Waals surface area contributed by atoms with Crippen molar-refractivity contribution in [3.8, 4) is 11.5 Å². The number of carbonyl (C=O) groups excluding carboxylic acids is 1. The van der Waals surface area contributed by atoms with Crippen LogP contribution in [0, 0.1) is 0 Å². The zero-order valence-corrected chi connectivity index (χ0v) is 14.0. The minimum Gasteiger partial charge on any atom is -0.543 e. The highest BCUT2D eigenvalue weighted by Crippen LogP contribution is 2.38. The predicted octanol–water partition coefficient (Wildman–Crippen LogP) is 4.28. The van der Waals surface area contributed by atoms with Crippen LogP contribution in [0.1, 0.15) is 38.1 Å². The van der Waals surface area contributed by atoms with E-state index in [2.05, 4.69) is 33.9 Å². The van der Waals surface area contributed by atoms with Gasteiger partial charge in [-0.15, -0.1) is 0 Å². The molecular formula is C15H24O3Si. The van der Waals surface area contributed by atoms with Gasteiger partial charge >= 0.3 is 0 Å². The molecule has 0 aliphatic heterocycles. The van der Waals surface area contributed by atoms with Crippen molar-refractivity contribution < 1.29 is 14.0 Å². The van der Waals surface area contributed by atoms with Gasteiger partial charge in [0.25, 0.3) is 0 Å². The van der Waals surface area contributed by atoms with Crippen molar-refractivity contribution in [1.82, 2.24) is 0 Å². The molecule has 19 heavy (non-hydrogen) atoms. The number of ether oxygens (including phenoxy) is 1. The largest absolute Gasteiger partial charge is 0.543 e. The maximum atomic E-state index is 11.5. The van der Waals surface area contributed by atoms with Gasteiger partial charge in [0, 0.05) is 11.6 Å². The minimum absolute atomic E-state index is 0.0129. The number of ketones is 1. The summed E-state index contributed by atoms with van der Waals surface area (Å²) < 4.78 is 11.4. The third-order valence-corrected chi connectivity index (χ3v) is 8.06. The average molecular weight is 280 g/mol. The topological polar surface area (TPSA) is 35.5 Å². The first-order chi connectivity index (χ1) is 8.56. The van der Waals surface area contributed by atoms with Crippen LogP contribution in [0.4, 0.5) is 0 Å². The highest BCUT2D eigenvalue weighted by molar-refractivity contribution is 6.74. The van der Waals surface area contributed by atoms with Gasteiger partial charge in [0.1, 0.15) is 11.5 Å². The van der Waals surface area contributed by atoms with Crippen molar-refractivity contribution in [3.63, 3.8) is 0 Å². The van der Waals surface area contributed by atoms with Crippen LogP contribution in [0.15, 0.2) is 18.2 Å². The zero-order chi connectivity index (χ0) is 14.8. The third-order valence-electron chi connectivity index (χ3n) is 3.70. The standard InChI is InChI=1S/C15H24O3Si/c1-11(16)12-8-13(17-5)10-14(9-12)18-19(6,7)15(2,3)4/h8-10H,1-7H3.